The van der Waals surface area contributed by atoms with Gasteiger partial charge in [0.25, 0.3) is 0 Å². The van der Waals surface area contributed by atoms with E-state index in [-0.39, 0.29) is 18.8 Å². The molecule has 80 valence electrons. The number of hydrogen-bond acceptors (Lipinski definition) is 1. The molecule has 0 heterocycles. The number of nitrogens with one attached hydrogen (secondary N) is 1. The molecule has 3 saturated carbocycles. The van der Waals surface area contributed by atoms with Crippen LogP contribution in [-0.4, -0.2) is 18.5 Å². The molecule has 3 heteroatoms. The highest BCUT2D eigenvalue weighted by Crippen LogP contribution is 2.52. The summed E-state index contributed by atoms with van der Waals surface area (Å²) in [6.07, 6.45) is 4.25. The van der Waals surface area contributed by atoms with Crippen LogP contribution in [0.3, 0.4) is 0 Å². The number of fused-ring (bicyclic) bond motifs is 1. The molecule has 3 rings (SSSR count). The van der Waals surface area contributed by atoms with Crippen molar-refractivity contribution in [2.24, 2.45) is 17.8 Å². The maximum Gasteiger partial charge on any atom is 0.248 e. The average molecular weight is 201 g/mol. The molecule has 1 N–H and O–H groups in total. The van der Waals surface area contributed by atoms with Gasteiger partial charge in [0, 0.05) is 18.9 Å². The van der Waals surface area contributed by atoms with Crippen LogP contribution < -0.4 is 5.32 Å². The first kappa shape index (κ1) is 9.08. The highest BCUT2D eigenvalue weighted by molar-refractivity contribution is 5.01. The minimum absolute atomic E-state index is 0.112. The maximum absolute atomic E-state index is 12.5. The van der Waals surface area contributed by atoms with Gasteiger partial charge in [-0.05, 0) is 43.6 Å². The van der Waals surface area contributed by atoms with Crippen molar-refractivity contribution in [1.82, 2.24) is 5.32 Å². The molecule has 3 unspecified atom stereocenters. The van der Waals surface area contributed by atoms with E-state index in [0.717, 1.165) is 18.4 Å². The third kappa shape index (κ3) is 1.56. The molecule has 0 bridgehead atoms. The summed E-state index contributed by atoms with van der Waals surface area (Å²) in [6.45, 7) is 0.823. The predicted octanol–water partition coefficient (Wildman–Crippen LogP) is 2.42. The second kappa shape index (κ2) is 2.91. The third-order valence-electron chi connectivity index (χ3n) is 4.19. The molecule has 0 aromatic carbocycles. The van der Waals surface area contributed by atoms with Crippen molar-refractivity contribution in [2.75, 3.05) is 6.54 Å². The summed E-state index contributed by atoms with van der Waals surface area (Å²) in [5, 5.41) is 3.48. The van der Waals surface area contributed by atoms with Crippen molar-refractivity contribution in [3.63, 3.8) is 0 Å². The first-order valence-corrected chi connectivity index (χ1v) is 5.75. The van der Waals surface area contributed by atoms with Crippen LogP contribution in [0, 0.1) is 17.8 Å². The third-order valence-corrected chi connectivity index (χ3v) is 4.19. The van der Waals surface area contributed by atoms with Crippen LogP contribution in [0.2, 0.25) is 0 Å². The lowest BCUT2D eigenvalue weighted by Crippen LogP contribution is -2.43. The van der Waals surface area contributed by atoms with Gasteiger partial charge in [-0.1, -0.05) is 0 Å². The Morgan fingerprint density at radius 1 is 1.21 bits per heavy atom. The Labute approximate surface area is 83.3 Å². The Bertz CT molecular complexity index is 233. The lowest BCUT2D eigenvalue weighted by atomic mass is 9.81. The van der Waals surface area contributed by atoms with Crippen molar-refractivity contribution in [3.05, 3.63) is 0 Å². The van der Waals surface area contributed by atoms with Gasteiger partial charge in [0.15, 0.2) is 0 Å². The molecular weight excluding hydrogens is 184 g/mol. The van der Waals surface area contributed by atoms with Crippen LogP contribution in [0.25, 0.3) is 0 Å². The molecule has 0 spiro atoms. The summed E-state index contributed by atoms with van der Waals surface area (Å²) in [4.78, 5) is 0. The topological polar surface area (TPSA) is 12.0 Å². The van der Waals surface area contributed by atoms with Gasteiger partial charge in [0.05, 0.1) is 0 Å². The highest BCUT2D eigenvalue weighted by atomic mass is 19.3. The fourth-order valence-electron chi connectivity index (χ4n) is 3.20. The average Bonchev–Trinajstić information content (AvgIpc) is 2.74. The molecule has 3 aliphatic rings. The van der Waals surface area contributed by atoms with Gasteiger partial charge in [-0.3, -0.25) is 0 Å². The van der Waals surface area contributed by atoms with Gasteiger partial charge in [0.2, 0.25) is 5.92 Å². The first-order valence-electron chi connectivity index (χ1n) is 5.75. The van der Waals surface area contributed by atoms with Crippen molar-refractivity contribution < 1.29 is 8.78 Å². The SMILES string of the molecule is FC1(F)CC(CNC2CCC3CC32)C1. The summed E-state index contributed by atoms with van der Waals surface area (Å²) in [7, 11) is 0. The molecule has 3 fully saturated rings. The molecule has 14 heavy (non-hydrogen) atoms. The van der Waals surface area contributed by atoms with Crippen LogP contribution in [0.5, 0.6) is 0 Å². The van der Waals surface area contributed by atoms with Crippen LogP contribution in [0.4, 0.5) is 8.78 Å². The van der Waals surface area contributed by atoms with Crippen LogP contribution >= 0.6 is 0 Å². The fourth-order valence-corrected chi connectivity index (χ4v) is 3.20. The van der Waals surface area contributed by atoms with E-state index in [2.05, 4.69) is 5.32 Å². The zero-order valence-electron chi connectivity index (χ0n) is 8.31. The number of hydrogen-bond donors (Lipinski definition) is 1. The van der Waals surface area contributed by atoms with Crippen molar-refractivity contribution in [2.45, 2.75) is 44.1 Å². The normalized spacial score (nSPS) is 44.6. The van der Waals surface area contributed by atoms with E-state index in [4.69, 9.17) is 0 Å². The van der Waals surface area contributed by atoms with Crippen LogP contribution in [-0.2, 0) is 0 Å². The first-order chi connectivity index (χ1) is 6.64. The molecule has 0 aromatic heterocycles. The van der Waals surface area contributed by atoms with E-state index in [0.29, 0.717) is 6.04 Å². The predicted molar refractivity (Wildman–Crippen MR) is 50.3 cm³/mol. The summed E-state index contributed by atoms with van der Waals surface area (Å²) in [6, 6.07) is 0.661. The Balaban J connectivity index is 1.39. The molecule has 3 atom stereocenters. The molecule has 0 radical (unpaired) electrons. The van der Waals surface area contributed by atoms with Gasteiger partial charge in [0.1, 0.15) is 0 Å². The van der Waals surface area contributed by atoms with Gasteiger partial charge in [-0.15, -0.1) is 0 Å². The molecule has 0 saturated heterocycles. The maximum atomic E-state index is 12.5. The second-order valence-corrected chi connectivity index (χ2v) is 5.38. The standard InChI is InChI=1S/C11H17F2N/c12-11(13)4-7(5-11)6-14-10-2-1-8-3-9(8)10/h7-10,14H,1-6H2. The van der Waals surface area contributed by atoms with E-state index < -0.39 is 5.92 Å². The molecular formula is C11H17F2N. The Morgan fingerprint density at radius 2 is 2.00 bits per heavy atom. The van der Waals surface area contributed by atoms with Gasteiger partial charge in [-0.25, -0.2) is 8.78 Å². The van der Waals surface area contributed by atoms with E-state index in [9.17, 15) is 8.78 Å². The zero-order valence-corrected chi connectivity index (χ0v) is 8.31. The number of rotatable bonds is 3. The van der Waals surface area contributed by atoms with Crippen molar-refractivity contribution in [1.29, 1.82) is 0 Å². The summed E-state index contributed by atoms with van der Waals surface area (Å²) in [5.74, 6) is -0.224. The smallest absolute Gasteiger partial charge is 0.248 e. The Hall–Kier alpha value is -0.180. The summed E-state index contributed by atoms with van der Waals surface area (Å²) < 4.78 is 25.1. The largest absolute Gasteiger partial charge is 0.313 e. The Kier molecular flexibility index (Phi) is 1.88. The second-order valence-electron chi connectivity index (χ2n) is 5.38. The fraction of sp³-hybridized carbons (Fsp3) is 1.00. The monoisotopic (exact) mass is 201 g/mol. The molecule has 3 aliphatic carbocycles. The molecule has 0 aliphatic heterocycles. The number of halogens is 2. The van der Waals surface area contributed by atoms with Crippen LogP contribution in [0.15, 0.2) is 0 Å². The molecule has 1 nitrogen and oxygen atoms in total. The number of alkyl halides is 2. The van der Waals surface area contributed by atoms with Gasteiger partial charge >= 0.3 is 0 Å². The quantitative estimate of drug-likeness (QED) is 0.739. The lowest BCUT2D eigenvalue weighted by molar-refractivity contribution is -0.109. The zero-order chi connectivity index (χ0) is 9.76. The van der Waals surface area contributed by atoms with E-state index in [1.165, 1.54) is 19.3 Å². The molecule has 0 amide bonds. The lowest BCUT2D eigenvalue weighted by Gasteiger charge is -2.35. The van der Waals surface area contributed by atoms with Crippen molar-refractivity contribution in [3.8, 4) is 0 Å². The van der Waals surface area contributed by atoms with Gasteiger partial charge < -0.3 is 5.32 Å². The summed E-state index contributed by atoms with van der Waals surface area (Å²) in [5.41, 5.74) is 0. The molecule has 0 aromatic rings. The highest BCUT2D eigenvalue weighted by Gasteiger charge is 2.49. The minimum Gasteiger partial charge on any atom is -0.313 e. The Morgan fingerprint density at radius 3 is 2.50 bits per heavy atom. The summed E-state index contributed by atoms with van der Waals surface area (Å²) >= 11 is 0. The minimum atomic E-state index is -2.34. The van der Waals surface area contributed by atoms with E-state index in [1.54, 1.807) is 0 Å². The van der Waals surface area contributed by atoms with E-state index in [1.807, 2.05) is 0 Å². The van der Waals surface area contributed by atoms with Crippen molar-refractivity contribution >= 4 is 0 Å². The van der Waals surface area contributed by atoms with Crippen LogP contribution in [0.1, 0.15) is 32.1 Å². The van der Waals surface area contributed by atoms with E-state index >= 15 is 0 Å². The van der Waals surface area contributed by atoms with Gasteiger partial charge in [-0.2, -0.15) is 0 Å².